The number of anilines is 1. The summed E-state index contributed by atoms with van der Waals surface area (Å²) in [5, 5.41) is 13.7. The molecule has 0 bridgehead atoms. The van der Waals surface area contributed by atoms with Gasteiger partial charge in [0.1, 0.15) is 0 Å². The standard InChI is InChI=1S/C15H14N2O2/c1-9-5-6-13-12(8-9)15(19,14(18)17-13)11-4-3-7-16-10(11)2/h3-8,19H,1-2H3,(H,17,18). The van der Waals surface area contributed by atoms with Crippen molar-refractivity contribution in [2.45, 2.75) is 19.4 Å². The second-order valence-electron chi connectivity index (χ2n) is 4.85. The molecule has 0 saturated carbocycles. The number of aryl methyl sites for hydroxylation is 2. The lowest BCUT2D eigenvalue weighted by Gasteiger charge is -2.22. The van der Waals surface area contributed by atoms with Gasteiger partial charge in [-0.2, -0.15) is 0 Å². The van der Waals surface area contributed by atoms with Crippen molar-refractivity contribution in [2.75, 3.05) is 5.32 Å². The Morgan fingerprint density at radius 3 is 2.74 bits per heavy atom. The van der Waals surface area contributed by atoms with Gasteiger partial charge < -0.3 is 10.4 Å². The second-order valence-corrected chi connectivity index (χ2v) is 4.85. The number of nitrogens with zero attached hydrogens (tertiary/aromatic N) is 1. The molecule has 3 rings (SSSR count). The first-order valence-corrected chi connectivity index (χ1v) is 6.10. The van der Waals surface area contributed by atoms with Gasteiger partial charge >= 0.3 is 0 Å². The van der Waals surface area contributed by atoms with E-state index in [1.807, 2.05) is 25.1 Å². The highest BCUT2D eigenvalue weighted by Crippen LogP contribution is 2.41. The number of aromatic nitrogens is 1. The normalized spacial score (nSPS) is 21.1. The summed E-state index contributed by atoms with van der Waals surface area (Å²) in [5.41, 5.74) is 1.76. The molecule has 2 aromatic rings. The Kier molecular flexibility index (Phi) is 2.43. The van der Waals surface area contributed by atoms with Crippen LogP contribution in [0.15, 0.2) is 36.5 Å². The van der Waals surface area contributed by atoms with Gasteiger partial charge in [0.05, 0.1) is 0 Å². The van der Waals surface area contributed by atoms with Gasteiger partial charge in [-0.15, -0.1) is 0 Å². The van der Waals surface area contributed by atoms with Crippen LogP contribution in [0.3, 0.4) is 0 Å². The summed E-state index contributed by atoms with van der Waals surface area (Å²) in [6.45, 7) is 3.72. The number of benzene rings is 1. The highest BCUT2D eigenvalue weighted by Gasteiger charge is 2.47. The molecule has 0 fully saturated rings. The van der Waals surface area contributed by atoms with Crippen molar-refractivity contribution in [3.05, 3.63) is 58.9 Å². The maximum atomic E-state index is 12.2. The Morgan fingerprint density at radius 1 is 1.21 bits per heavy atom. The van der Waals surface area contributed by atoms with E-state index in [0.29, 0.717) is 22.5 Å². The van der Waals surface area contributed by atoms with Gasteiger partial charge in [0, 0.05) is 28.7 Å². The third-order valence-corrected chi connectivity index (χ3v) is 3.54. The molecular weight excluding hydrogens is 240 g/mol. The van der Waals surface area contributed by atoms with Crippen molar-refractivity contribution in [3.8, 4) is 0 Å². The van der Waals surface area contributed by atoms with Gasteiger partial charge in [-0.3, -0.25) is 9.78 Å². The number of hydrogen-bond acceptors (Lipinski definition) is 3. The van der Waals surface area contributed by atoms with Crippen molar-refractivity contribution in [2.24, 2.45) is 0 Å². The molecular formula is C15H14N2O2. The van der Waals surface area contributed by atoms with E-state index in [1.54, 1.807) is 25.3 Å². The lowest BCUT2D eigenvalue weighted by molar-refractivity contribution is -0.129. The molecule has 1 aromatic heterocycles. The molecule has 0 radical (unpaired) electrons. The largest absolute Gasteiger partial charge is 0.372 e. The molecule has 4 nitrogen and oxygen atoms in total. The predicted molar refractivity (Wildman–Crippen MR) is 71.8 cm³/mol. The highest BCUT2D eigenvalue weighted by atomic mass is 16.3. The Bertz CT molecular complexity index is 682. The van der Waals surface area contributed by atoms with E-state index < -0.39 is 11.5 Å². The molecule has 1 atom stereocenters. The number of fused-ring (bicyclic) bond motifs is 1. The minimum absolute atomic E-state index is 0.427. The molecule has 2 N–H and O–H groups in total. The first kappa shape index (κ1) is 11.9. The summed E-state index contributed by atoms with van der Waals surface area (Å²) >= 11 is 0. The molecule has 96 valence electrons. The molecule has 2 heterocycles. The quantitative estimate of drug-likeness (QED) is 0.817. The highest BCUT2D eigenvalue weighted by molar-refractivity contribution is 6.07. The number of nitrogens with one attached hydrogen (secondary N) is 1. The van der Waals surface area contributed by atoms with Crippen molar-refractivity contribution < 1.29 is 9.90 Å². The number of carbonyl (C=O) groups is 1. The summed E-state index contributed by atoms with van der Waals surface area (Å²) in [6.07, 6.45) is 1.65. The van der Waals surface area contributed by atoms with Gasteiger partial charge in [0.2, 0.25) is 0 Å². The van der Waals surface area contributed by atoms with Crippen molar-refractivity contribution in [1.82, 2.24) is 4.98 Å². The van der Waals surface area contributed by atoms with Crippen molar-refractivity contribution in [1.29, 1.82) is 0 Å². The van der Waals surface area contributed by atoms with Gasteiger partial charge in [-0.05, 0) is 26.0 Å². The maximum Gasteiger partial charge on any atom is 0.265 e. The zero-order valence-corrected chi connectivity index (χ0v) is 10.8. The van der Waals surface area contributed by atoms with Crippen LogP contribution in [-0.2, 0) is 10.4 Å². The lowest BCUT2D eigenvalue weighted by atomic mass is 9.86. The topological polar surface area (TPSA) is 62.2 Å². The molecule has 1 unspecified atom stereocenters. The summed E-state index contributed by atoms with van der Waals surface area (Å²) in [7, 11) is 0. The number of pyridine rings is 1. The third kappa shape index (κ3) is 1.57. The molecule has 0 saturated heterocycles. The molecule has 0 aliphatic carbocycles. The molecule has 0 spiro atoms. The van der Waals surface area contributed by atoms with E-state index in [0.717, 1.165) is 5.56 Å². The molecule has 1 aliphatic heterocycles. The fourth-order valence-corrected chi connectivity index (χ4v) is 2.54. The minimum Gasteiger partial charge on any atom is -0.372 e. The van der Waals surface area contributed by atoms with E-state index >= 15 is 0 Å². The van der Waals surface area contributed by atoms with Crippen molar-refractivity contribution in [3.63, 3.8) is 0 Å². The Labute approximate surface area is 111 Å². The molecule has 1 aliphatic rings. The summed E-state index contributed by atoms with van der Waals surface area (Å²) in [5.74, 6) is -0.427. The van der Waals surface area contributed by atoms with Gasteiger partial charge in [0.25, 0.3) is 5.91 Å². The number of rotatable bonds is 1. The van der Waals surface area contributed by atoms with Crippen LogP contribution in [0.25, 0.3) is 0 Å². The third-order valence-electron chi connectivity index (χ3n) is 3.54. The summed E-state index contributed by atoms with van der Waals surface area (Å²) in [4.78, 5) is 16.4. The van der Waals surface area contributed by atoms with Gasteiger partial charge in [0.15, 0.2) is 5.60 Å². The zero-order chi connectivity index (χ0) is 13.6. The number of aliphatic hydroxyl groups is 1. The average Bonchev–Trinajstić information content (AvgIpc) is 2.64. The average molecular weight is 254 g/mol. The number of hydrogen-bond donors (Lipinski definition) is 2. The molecule has 1 aromatic carbocycles. The summed E-state index contributed by atoms with van der Waals surface area (Å²) in [6, 6.07) is 9.01. The van der Waals surface area contributed by atoms with E-state index in [1.165, 1.54) is 0 Å². The maximum absolute atomic E-state index is 12.2. The van der Waals surface area contributed by atoms with E-state index in [2.05, 4.69) is 10.3 Å². The molecule has 1 amide bonds. The fraction of sp³-hybridized carbons (Fsp3) is 0.200. The van der Waals surface area contributed by atoms with Crippen LogP contribution >= 0.6 is 0 Å². The van der Waals surface area contributed by atoms with Crippen LogP contribution in [0.2, 0.25) is 0 Å². The predicted octanol–water partition coefficient (Wildman–Crippen LogP) is 1.89. The second kappa shape index (κ2) is 3.90. The molecule has 4 heteroatoms. The van der Waals surface area contributed by atoms with Crippen LogP contribution in [0, 0.1) is 13.8 Å². The zero-order valence-electron chi connectivity index (χ0n) is 10.8. The van der Waals surface area contributed by atoms with Crippen LogP contribution in [0.1, 0.15) is 22.4 Å². The van der Waals surface area contributed by atoms with Crippen LogP contribution < -0.4 is 5.32 Å². The van der Waals surface area contributed by atoms with E-state index in [-0.39, 0.29) is 0 Å². The first-order valence-electron chi connectivity index (χ1n) is 6.10. The van der Waals surface area contributed by atoms with Crippen molar-refractivity contribution >= 4 is 11.6 Å². The molecule has 19 heavy (non-hydrogen) atoms. The fourth-order valence-electron chi connectivity index (χ4n) is 2.54. The SMILES string of the molecule is Cc1ccc2c(c1)C(O)(c1cccnc1C)C(=O)N2. The minimum atomic E-state index is -1.65. The van der Waals surface area contributed by atoms with Gasteiger partial charge in [-0.25, -0.2) is 0 Å². The van der Waals surface area contributed by atoms with Gasteiger partial charge in [-0.1, -0.05) is 23.8 Å². The van der Waals surface area contributed by atoms with E-state index in [9.17, 15) is 9.90 Å². The Hall–Kier alpha value is -2.20. The van der Waals surface area contributed by atoms with Crippen LogP contribution in [0.4, 0.5) is 5.69 Å². The summed E-state index contributed by atoms with van der Waals surface area (Å²) < 4.78 is 0. The Morgan fingerprint density at radius 2 is 2.00 bits per heavy atom. The number of amides is 1. The smallest absolute Gasteiger partial charge is 0.265 e. The number of carbonyl (C=O) groups excluding carboxylic acids is 1. The van der Waals surface area contributed by atoms with Crippen LogP contribution in [0.5, 0.6) is 0 Å². The van der Waals surface area contributed by atoms with Crippen LogP contribution in [-0.4, -0.2) is 16.0 Å². The first-order chi connectivity index (χ1) is 9.03. The van der Waals surface area contributed by atoms with E-state index in [4.69, 9.17) is 0 Å². The lowest BCUT2D eigenvalue weighted by Crippen LogP contribution is -2.36. The monoisotopic (exact) mass is 254 g/mol. The Balaban J connectivity index is 2.28.